The third-order valence-electron chi connectivity index (χ3n) is 4.71. The van der Waals surface area contributed by atoms with Crippen molar-refractivity contribution in [2.75, 3.05) is 32.7 Å². The van der Waals surface area contributed by atoms with Crippen LogP contribution in [0.2, 0.25) is 0 Å². The lowest BCUT2D eigenvalue weighted by Crippen LogP contribution is -2.43. The highest BCUT2D eigenvalue weighted by atomic mass is 16.5. The SMILES string of the molecule is Cc1cnccc1OC1CCN(CC2CCCNC2)CC1. The Morgan fingerprint density at radius 2 is 2.19 bits per heavy atom. The van der Waals surface area contributed by atoms with Gasteiger partial charge in [0.2, 0.25) is 0 Å². The first-order chi connectivity index (χ1) is 10.3. The molecular formula is C17H27N3O. The van der Waals surface area contributed by atoms with Gasteiger partial charge in [-0.15, -0.1) is 0 Å². The van der Waals surface area contributed by atoms with Gasteiger partial charge in [-0.05, 0) is 57.7 Å². The largest absolute Gasteiger partial charge is 0.490 e. The van der Waals surface area contributed by atoms with E-state index in [9.17, 15) is 0 Å². The van der Waals surface area contributed by atoms with E-state index < -0.39 is 0 Å². The minimum Gasteiger partial charge on any atom is -0.490 e. The second-order valence-electron chi connectivity index (χ2n) is 6.47. The summed E-state index contributed by atoms with van der Waals surface area (Å²) in [5.74, 6) is 1.85. The molecule has 1 aromatic rings. The molecule has 2 saturated heterocycles. The normalized spacial score (nSPS) is 24.9. The van der Waals surface area contributed by atoms with Crippen LogP contribution >= 0.6 is 0 Å². The van der Waals surface area contributed by atoms with Gasteiger partial charge in [-0.3, -0.25) is 4.98 Å². The van der Waals surface area contributed by atoms with Crippen molar-refractivity contribution in [3.8, 4) is 5.75 Å². The minimum atomic E-state index is 0.367. The highest BCUT2D eigenvalue weighted by molar-refractivity contribution is 5.28. The summed E-state index contributed by atoms with van der Waals surface area (Å²) in [6.07, 6.45) is 9.06. The lowest BCUT2D eigenvalue weighted by Gasteiger charge is -2.35. The number of nitrogens with one attached hydrogen (secondary N) is 1. The van der Waals surface area contributed by atoms with Crippen LogP contribution in [-0.2, 0) is 0 Å². The van der Waals surface area contributed by atoms with E-state index in [4.69, 9.17) is 4.74 Å². The van der Waals surface area contributed by atoms with E-state index in [1.54, 1.807) is 0 Å². The fourth-order valence-electron chi connectivity index (χ4n) is 3.43. The molecule has 2 aliphatic rings. The van der Waals surface area contributed by atoms with Crippen LogP contribution in [0.5, 0.6) is 5.75 Å². The van der Waals surface area contributed by atoms with Crippen LogP contribution in [0.3, 0.4) is 0 Å². The van der Waals surface area contributed by atoms with Gasteiger partial charge in [0.25, 0.3) is 0 Å². The summed E-state index contributed by atoms with van der Waals surface area (Å²) in [5.41, 5.74) is 1.13. The number of nitrogens with zero attached hydrogens (tertiary/aromatic N) is 2. The maximum Gasteiger partial charge on any atom is 0.125 e. The van der Waals surface area contributed by atoms with Gasteiger partial charge < -0.3 is 15.0 Å². The first-order valence-electron chi connectivity index (χ1n) is 8.31. The van der Waals surface area contributed by atoms with Crippen molar-refractivity contribution in [1.29, 1.82) is 0 Å². The van der Waals surface area contributed by atoms with Gasteiger partial charge in [-0.1, -0.05) is 0 Å². The molecule has 1 N–H and O–H groups in total. The maximum atomic E-state index is 6.15. The fourth-order valence-corrected chi connectivity index (χ4v) is 3.43. The molecule has 0 saturated carbocycles. The molecule has 21 heavy (non-hydrogen) atoms. The van der Waals surface area contributed by atoms with Crippen LogP contribution in [0.15, 0.2) is 18.5 Å². The molecule has 2 aliphatic heterocycles. The highest BCUT2D eigenvalue weighted by Crippen LogP contribution is 2.22. The van der Waals surface area contributed by atoms with E-state index in [2.05, 4.69) is 22.1 Å². The molecule has 0 aromatic carbocycles. The van der Waals surface area contributed by atoms with Gasteiger partial charge in [0.15, 0.2) is 0 Å². The molecule has 1 atom stereocenters. The smallest absolute Gasteiger partial charge is 0.125 e. The van der Waals surface area contributed by atoms with Gasteiger partial charge in [0.1, 0.15) is 11.9 Å². The van der Waals surface area contributed by atoms with Crippen molar-refractivity contribution in [3.05, 3.63) is 24.0 Å². The number of hydrogen-bond acceptors (Lipinski definition) is 4. The molecule has 3 rings (SSSR count). The first kappa shape index (κ1) is 14.8. The summed E-state index contributed by atoms with van der Waals surface area (Å²) in [7, 11) is 0. The Hall–Kier alpha value is -1.13. The standard InChI is InChI=1S/C17H27N3O/c1-14-11-19-8-4-17(14)21-16-5-9-20(10-6-16)13-15-3-2-7-18-12-15/h4,8,11,15-16,18H,2-3,5-7,9-10,12-13H2,1H3. The molecule has 4 nitrogen and oxygen atoms in total. The lowest BCUT2D eigenvalue weighted by molar-refractivity contribution is 0.0874. The van der Waals surface area contributed by atoms with Gasteiger partial charge >= 0.3 is 0 Å². The third-order valence-corrected chi connectivity index (χ3v) is 4.71. The molecule has 1 aromatic heterocycles. The highest BCUT2D eigenvalue weighted by Gasteiger charge is 2.23. The summed E-state index contributed by atoms with van der Waals surface area (Å²) in [4.78, 5) is 6.74. The van der Waals surface area contributed by atoms with Crippen LogP contribution in [0, 0.1) is 12.8 Å². The summed E-state index contributed by atoms with van der Waals surface area (Å²) >= 11 is 0. The van der Waals surface area contributed by atoms with Gasteiger partial charge in [0.05, 0.1) is 0 Å². The number of pyridine rings is 1. The van der Waals surface area contributed by atoms with Crippen molar-refractivity contribution in [1.82, 2.24) is 15.2 Å². The molecule has 2 fully saturated rings. The van der Waals surface area contributed by atoms with E-state index in [1.165, 1.54) is 45.6 Å². The van der Waals surface area contributed by atoms with Crippen LogP contribution in [0.1, 0.15) is 31.2 Å². The van der Waals surface area contributed by atoms with E-state index in [1.807, 2.05) is 18.5 Å². The molecule has 0 amide bonds. The molecule has 3 heterocycles. The minimum absolute atomic E-state index is 0.367. The molecule has 0 aliphatic carbocycles. The quantitative estimate of drug-likeness (QED) is 0.922. The van der Waals surface area contributed by atoms with Crippen molar-refractivity contribution < 1.29 is 4.74 Å². The summed E-state index contributed by atoms with van der Waals surface area (Å²) < 4.78 is 6.15. The number of rotatable bonds is 4. The number of piperidine rings is 2. The van der Waals surface area contributed by atoms with Crippen molar-refractivity contribution in [3.63, 3.8) is 0 Å². The predicted molar refractivity (Wildman–Crippen MR) is 84.7 cm³/mol. The Morgan fingerprint density at radius 3 is 2.90 bits per heavy atom. The maximum absolute atomic E-state index is 6.15. The second kappa shape index (κ2) is 7.23. The monoisotopic (exact) mass is 289 g/mol. The van der Waals surface area contributed by atoms with E-state index >= 15 is 0 Å². The van der Waals surface area contributed by atoms with Crippen LogP contribution in [0.25, 0.3) is 0 Å². The molecule has 1 unspecified atom stereocenters. The van der Waals surface area contributed by atoms with Crippen LogP contribution in [-0.4, -0.2) is 48.7 Å². The molecule has 4 heteroatoms. The zero-order valence-electron chi connectivity index (χ0n) is 13.1. The Kier molecular flexibility index (Phi) is 5.09. The summed E-state index contributed by atoms with van der Waals surface area (Å²) in [5, 5.41) is 3.51. The first-order valence-corrected chi connectivity index (χ1v) is 8.31. The number of ether oxygens (including phenoxy) is 1. The Morgan fingerprint density at radius 1 is 1.33 bits per heavy atom. The summed E-state index contributed by atoms with van der Waals surface area (Å²) in [6.45, 7) is 8.07. The van der Waals surface area contributed by atoms with Gasteiger partial charge in [-0.25, -0.2) is 0 Å². The molecule has 0 radical (unpaired) electrons. The molecule has 0 spiro atoms. The van der Waals surface area contributed by atoms with Crippen molar-refractivity contribution in [2.45, 2.75) is 38.7 Å². The van der Waals surface area contributed by atoms with Crippen molar-refractivity contribution >= 4 is 0 Å². The molecular weight excluding hydrogens is 262 g/mol. The molecule has 0 bridgehead atoms. The topological polar surface area (TPSA) is 37.4 Å². The number of aryl methyl sites for hydroxylation is 1. The van der Waals surface area contributed by atoms with E-state index in [0.717, 1.165) is 30.1 Å². The Bertz CT molecular complexity index is 437. The van der Waals surface area contributed by atoms with Crippen LogP contribution in [0.4, 0.5) is 0 Å². The Balaban J connectivity index is 1.43. The third kappa shape index (κ3) is 4.17. The van der Waals surface area contributed by atoms with E-state index in [0.29, 0.717) is 6.10 Å². The van der Waals surface area contributed by atoms with Gasteiger partial charge in [-0.2, -0.15) is 0 Å². The zero-order chi connectivity index (χ0) is 14.5. The second-order valence-corrected chi connectivity index (χ2v) is 6.47. The number of aromatic nitrogens is 1. The lowest BCUT2D eigenvalue weighted by atomic mass is 9.97. The number of likely N-dealkylation sites (tertiary alicyclic amines) is 1. The summed E-state index contributed by atoms with van der Waals surface area (Å²) in [6, 6.07) is 1.98. The predicted octanol–water partition coefficient (Wildman–Crippen LogP) is 2.23. The number of hydrogen-bond donors (Lipinski definition) is 1. The van der Waals surface area contributed by atoms with Crippen molar-refractivity contribution in [2.24, 2.45) is 5.92 Å². The van der Waals surface area contributed by atoms with E-state index in [-0.39, 0.29) is 0 Å². The average molecular weight is 289 g/mol. The Labute approximate surface area is 127 Å². The van der Waals surface area contributed by atoms with Crippen LogP contribution < -0.4 is 10.1 Å². The average Bonchev–Trinajstić information content (AvgIpc) is 2.52. The zero-order valence-corrected chi connectivity index (χ0v) is 13.1. The fraction of sp³-hybridized carbons (Fsp3) is 0.706. The molecule has 116 valence electrons. The van der Waals surface area contributed by atoms with Gasteiger partial charge in [0, 0.05) is 37.6 Å².